The number of likely N-dealkylation sites (N-methyl/N-ethyl adjacent to an activating group) is 1. The Balaban J connectivity index is 1.01. The van der Waals surface area contributed by atoms with Gasteiger partial charge in [0.2, 0.25) is 12.4 Å². The third-order valence-electron chi connectivity index (χ3n) is 18.0. The van der Waals surface area contributed by atoms with Crippen molar-refractivity contribution in [2.75, 3.05) is 26.8 Å². The number of aliphatic hydroxyl groups excluding tert-OH is 4. The number of aliphatic hydroxyl groups is 5. The number of fused-ring (bicyclic) bond motifs is 5. The zero-order valence-corrected chi connectivity index (χ0v) is 51.1. The van der Waals surface area contributed by atoms with Crippen molar-refractivity contribution >= 4 is 53.8 Å². The SMILES string of the molecule is CC(=O)O[C@H]1C(=O)[C@@]2(C)[C@H]([C@H](OC(=O)c3ccccc3)[C@]3(O)C[C@H](OC(=O)[C@H](OC(=O)OCCN(C)C(=O)OCc4ccc(O[C@@H]5O[C@H](C(=O)O)[C@@H](O)[C@H](O)[C@H]5O)cc4)[C@@H](NC(=O)c4ccccc4)c4ccccc4)C(C)=C1C3(C)C)[C@]1(OC(C)=O)CO[C@@H]1C[C@@H]2O. The highest BCUT2D eigenvalue weighted by atomic mass is 16.7. The largest absolute Gasteiger partial charge is 0.509 e. The third-order valence-corrected chi connectivity index (χ3v) is 18.0. The lowest BCUT2D eigenvalue weighted by atomic mass is 9.44. The minimum Gasteiger partial charge on any atom is -0.479 e. The number of esters is 4. The van der Waals surface area contributed by atoms with E-state index < -0.39 is 175 Å². The van der Waals surface area contributed by atoms with Gasteiger partial charge in [0.15, 0.2) is 23.6 Å². The molecule has 4 fully saturated rings. The normalized spacial score (nSPS) is 30.0. The molecule has 0 spiro atoms. The second-order valence-electron chi connectivity index (χ2n) is 24.0. The number of Topliss-reactive ketones (excluding diaryl/α,β-unsaturated/α-hetero) is 1. The standard InChI is InChI=1S/C65H72N2O25/c1-33-41(30-65(82)54(91-57(78)39-21-15-10-16-22-39)52-63(6,42(70)29-43-64(52,32-85-43)92-35(3)69)53(74)49(86-34(2)68)44(33)62(65,4)5)88-58(79)50(45(37-17-11-8-12-18-37)66-55(75)38-19-13-9-14-20-38)90-61(81)83-28-27-67(7)60(80)84-31-36-23-25-40(26-24-36)87-59-48(73)46(71)47(72)51(89-59)56(76)77/h8-26,41-43,45-52,54,59,70-73,82H,27-32H2,1-7H3,(H,66,75)(H,76,77)/t41-,42-,43+,45-,46-,47-,48+,49+,50+,51-,52-,54-,59+,63+,64-,65+/m0/s1. The molecular formula is C65H72N2O25. The predicted molar refractivity (Wildman–Crippen MR) is 312 cm³/mol. The van der Waals surface area contributed by atoms with Crippen LogP contribution in [0.4, 0.5) is 9.59 Å². The monoisotopic (exact) mass is 1280 g/mol. The van der Waals surface area contributed by atoms with Crippen molar-refractivity contribution in [2.45, 2.75) is 146 Å². The van der Waals surface area contributed by atoms with Crippen LogP contribution in [-0.4, -0.2) is 195 Å². The summed E-state index contributed by atoms with van der Waals surface area (Å²) in [5, 5.41) is 69.0. The van der Waals surface area contributed by atoms with Crippen LogP contribution in [0, 0.1) is 16.7 Å². The fourth-order valence-corrected chi connectivity index (χ4v) is 13.0. The molecule has 2 amide bonds. The first-order chi connectivity index (χ1) is 43.5. The molecule has 2 bridgehead atoms. The molecule has 0 aromatic heterocycles. The molecule has 0 unspecified atom stereocenters. The number of hydrogen-bond acceptors (Lipinski definition) is 24. The van der Waals surface area contributed by atoms with Crippen LogP contribution in [0.1, 0.15) is 92.3 Å². The number of amides is 2. The first kappa shape index (κ1) is 67.6. The van der Waals surface area contributed by atoms with Gasteiger partial charge in [0.1, 0.15) is 67.2 Å². The lowest BCUT2D eigenvalue weighted by Crippen LogP contribution is -2.82. The molecule has 492 valence electrons. The summed E-state index contributed by atoms with van der Waals surface area (Å²) in [6.45, 7) is 6.32. The Morgan fingerprint density at radius 3 is 1.97 bits per heavy atom. The van der Waals surface area contributed by atoms with Crippen LogP contribution in [0.5, 0.6) is 5.75 Å². The Labute approximate surface area is 527 Å². The van der Waals surface area contributed by atoms with E-state index in [2.05, 4.69) is 5.32 Å². The second-order valence-corrected chi connectivity index (χ2v) is 24.0. The number of carboxylic acids is 1. The summed E-state index contributed by atoms with van der Waals surface area (Å²) in [6.07, 6.45) is -23.2. The van der Waals surface area contributed by atoms with E-state index in [1.54, 1.807) is 54.6 Å². The Morgan fingerprint density at radius 1 is 0.761 bits per heavy atom. The minimum atomic E-state index is -2.57. The maximum atomic E-state index is 15.9. The van der Waals surface area contributed by atoms with Crippen molar-refractivity contribution in [3.05, 3.63) is 149 Å². The van der Waals surface area contributed by atoms with E-state index in [4.69, 9.17) is 47.4 Å². The van der Waals surface area contributed by atoms with Crippen molar-refractivity contribution in [3.63, 3.8) is 0 Å². The van der Waals surface area contributed by atoms with Gasteiger partial charge in [0.25, 0.3) is 5.91 Å². The maximum Gasteiger partial charge on any atom is 0.509 e. The zero-order chi connectivity index (χ0) is 66.8. The van der Waals surface area contributed by atoms with Crippen molar-refractivity contribution in [3.8, 4) is 5.75 Å². The number of nitrogens with one attached hydrogen (secondary N) is 1. The van der Waals surface area contributed by atoms with Crippen LogP contribution < -0.4 is 10.1 Å². The Morgan fingerprint density at radius 2 is 1.38 bits per heavy atom. The first-order valence-electron chi connectivity index (χ1n) is 29.4. The molecule has 27 heteroatoms. The average molecular weight is 1280 g/mol. The van der Waals surface area contributed by atoms with Crippen LogP contribution >= 0.6 is 0 Å². The number of hydrogen-bond donors (Lipinski definition) is 7. The quantitative estimate of drug-likeness (QED) is 0.0401. The van der Waals surface area contributed by atoms with Gasteiger partial charge in [-0.25, -0.2) is 24.0 Å². The number of ether oxygens (including phenoxy) is 10. The number of carbonyl (C=O) groups excluding carboxylic acids is 8. The minimum absolute atomic E-state index is 0.00987. The summed E-state index contributed by atoms with van der Waals surface area (Å²) < 4.78 is 58.2. The van der Waals surface area contributed by atoms with Gasteiger partial charge < -0.3 is 88.2 Å². The zero-order valence-electron chi connectivity index (χ0n) is 51.1. The molecule has 4 aromatic carbocycles. The predicted octanol–water partition coefficient (Wildman–Crippen LogP) is 3.44. The van der Waals surface area contributed by atoms with Crippen LogP contribution in [0.15, 0.2) is 126 Å². The number of carboxylic acid groups (broad SMARTS) is 1. The highest BCUT2D eigenvalue weighted by Crippen LogP contribution is 2.64. The number of ketones is 1. The van der Waals surface area contributed by atoms with Gasteiger partial charge >= 0.3 is 42.1 Å². The molecule has 5 aliphatic rings. The molecule has 92 heavy (non-hydrogen) atoms. The molecule has 0 radical (unpaired) electrons. The fourth-order valence-electron chi connectivity index (χ4n) is 13.0. The van der Waals surface area contributed by atoms with E-state index in [9.17, 15) is 64.2 Å². The van der Waals surface area contributed by atoms with Crippen LogP contribution in [0.25, 0.3) is 0 Å². The summed E-state index contributed by atoms with van der Waals surface area (Å²) >= 11 is 0. The smallest absolute Gasteiger partial charge is 0.479 e. The molecule has 7 N–H and O–H groups in total. The molecule has 2 saturated carbocycles. The third kappa shape index (κ3) is 13.2. The molecule has 9 rings (SSSR count). The van der Waals surface area contributed by atoms with E-state index in [0.717, 1.165) is 18.7 Å². The highest BCUT2D eigenvalue weighted by Gasteiger charge is 2.78. The van der Waals surface area contributed by atoms with E-state index in [0.29, 0.717) is 5.56 Å². The van der Waals surface area contributed by atoms with Crippen molar-refractivity contribution < 1.29 is 121 Å². The Bertz CT molecular complexity index is 3460. The van der Waals surface area contributed by atoms with Gasteiger partial charge in [0.05, 0.1) is 36.2 Å². The lowest BCUT2D eigenvalue weighted by Gasteiger charge is -2.67. The summed E-state index contributed by atoms with van der Waals surface area (Å²) in [7, 11) is 1.32. The average Bonchev–Trinajstić information content (AvgIpc) is 0.670. The molecule has 16 atom stereocenters. The number of nitrogens with zero attached hydrogens (tertiary/aromatic N) is 1. The van der Waals surface area contributed by atoms with Gasteiger partial charge in [-0.3, -0.25) is 19.2 Å². The van der Waals surface area contributed by atoms with Crippen LogP contribution in [-0.2, 0) is 73.2 Å². The van der Waals surface area contributed by atoms with Crippen LogP contribution in [0.2, 0.25) is 0 Å². The summed E-state index contributed by atoms with van der Waals surface area (Å²) in [5.41, 5.74) is -7.82. The van der Waals surface area contributed by atoms with E-state index in [1.807, 2.05) is 0 Å². The molecule has 4 aromatic rings. The molecule has 2 aliphatic heterocycles. The highest BCUT2D eigenvalue weighted by molar-refractivity contribution is 5.96. The number of carbonyl (C=O) groups is 9. The molecule has 2 saturated heterocycles. The second kappa shape index (κ2) is 27.2. The topological polar surface area (TPSA) is 383 Å². The molecular weight excluding hydrogens is 1210 g/mol. The number of rotatable bonds is 19. The fraction of sp³-hybridized carbons (Fsp3) is 0.462. The summed E-state index contributed by atoms with van der Waals surface area (Å²) in [4.78, 5) is 127. The van der Waals surface area contributed by atoms with E-state index in [1.165, 1.54) is 95.4 Å². The number of aliphatic carboxylic acids is 1. The molecule has 3 aliphatic carbocycles. The van der Waals surface area contributed by atoms with Gasteiger partial charge in [-0.05, 0) is 72.5 Å². The van der Waals surface area contributed by atoms with Gasteiger partial charge in [-0.15, -0.1) is 0 Å². The first-order valence-corrected chi connectivity index (χ1v) is 29.4. The van der Waals surface area contributed by atoms with Crippen molar-refractivity contribution in [1.82, 2.24) is 10.2 Å². The van der Waals surface area contributed by atoms with Crippen LogP contribution in [0.3, 0.4) is 0 Å². The molecule has 27 nitrogen and oxygen atoms in total. The lowest BCUT2D eigenvalue weighted by molar-refractivity contribution is -0.346. The van der Waals surface area contributed by atoms with Crippen molar-refractivity contribution in [1.29, 1.82) is 0 Å². The maximum absolute atomic E-state index is 15.9. The van der Waals surface area contributed by atoms with Gasteiger partial charge in [-0.1, -0.05) is 92.7 Å². The van der Waals surface area contributed by atoms with Crippen molar-refractivity contribution in [2.24, 2.45) is 16.7 Å². The van der Waals surface area contributed by atoms with Gasteiger partial charge in [-0.2, -0.15) is 0 Å². The van der Waals surface area contributed by atoms with Gasteiger partial charge in [0, 0.05) is 44.7 Å². The summed E-state index contributed by atoms with van der Waals surface area (Å²) in [5.74, 6) is -9.16. The molecule has 2 heterocycles. The summed E-state index contributed by atoms with van der Waals surface area (Å²) in [6, 6.07) is 27.4. The Hall–Kier alpha value is -8.83. The Kier molecular flexibility index (Phi) is 19.9. The van der Waals surface area contributed by atoms with E-state index >= 15 is 9.59 Å². The number of benzene rings is 4. The van der Waals surface area contributed by atoms with E-state index in [-0.39, 0.29) is 53.2 Å².